The first kappa shape index (κ1) is 24.8. The average molecular weight is 335 g/mol. The number of hydrogen-bond donors (Lipinski definition) is 1. The van der Waals surface area contributed by atoms with Gasteiger partial charge in [0.2, 0.25) is 0 Å². The fourth-order valence-corrected chi connectivity index (χ4v) is 2.16. The Morgan fingerprint density at radius 1 is 1.05 bits per heavy atom. The van der Waals surface area contributed by atoms with E-state index in [1.807, 2.05) is 0 Å². The molecule has 122 valence electrons. The van der Waals surface area contributed by atoms with E-state index < -0.39 is 5.97 Å². The maximum absolute atomic E-state index is 10.2. The standard InChI is InChI=1S/C18H32O3.K/c1-2-14-17(19)15-12-10-8-6-4-3-5-7-9-11-13-16-18(20)21;/h4,6,10,12,17,19H,2-3,5,7-9,11,13-16H2,1H3,(H,20,21);/q;+1/p-1/b6-4-,12-10-;. The van der Waals surface area contributed by atoms with Gasteiger partial charge in [-0.2, -0.15) is 0 Å². The van der Waals surface area contributed by atoms with Gasteiger partial charge in [-0.25, -0.2) is 0 Å². The minimum Gasteiger partial charge on any atom is -0.550 e. The Bertz CT molecular complexity index is 301. The zero-order valence-corrected chi connectivity index (χ0v) is 17.6. The van der Waals surface area contributed by atoms with E-state index in [0.717, 1.165) is 57.8 Å². The van der Waals surface area contributed by atoms with Crippen molar-refractivity contribution in [1.82, 2.24) is 0 Å². The number of aliphatic hydroxyl groups is 1. The molecule has 0 aromatic carbocycles. The fraction of sp³-hybridized carbons (Fsp3) is 0.722. The number of aliphatic hydroxyl groups excluding tert-OH is 1. The molecule has 0 saturated carbocycles. The molecule has 0 aromatic heterocycles. The molecule has 0 heterocycles. The van der Waals surface area contributed by atoms with Crippen molar-refractivity contribution >= 4 is 5.97 Å². The van der Waals surface area contributed by atoms with Crippen LogP contribution in [0.25, 0.3) is 0 Å². The van der Waals surface area contributed by atoms with E-state index >= 15 is 0 Å². The molecule has 1 unspecified atom stereocenters. The van der Waals surface area contributed by atoms with Crippen LogP contribution in [0.1, 0.15) is 77.6 Å². The first-order valence-corrected chi connectivity index (χ1v) is 8.34. The van der Waals surface area contributed by atoms with Crippen molar-refractivity contribution in [3.63, 3.8) is 0 Å². The van der Waals surface area contributed by atoms with Crippen molar-refractivity contribution in [3.8, 4) is 0 Å². The second-order valence-electron chi connectivity index (χ2n) is 5.54. The molecule has 0 saturated heterocycles. The Morgan fingerprint density at radius 3 is 2.36 bits per heavy atom. The van der Waals surface area contributed by atoms with E-state index in [-0.39, 0.29) is 63.9 Å². The first-order chi connectivity index (χ1) is 10.2. The van der Waals surface area contributed by atoms with E-state index in [1.54, 1.807) is 0 Å². The van der Waals surface area contributed by atoms with Crippen LogP contribution in [0.3, 0.4) is 0 Å². The van der Waals surface area contributed by atoms with E-state index in [1.165, 1.54) is 6.42 Å². The van der Waals surface area contributed by atoms with Gasteiger partial charge >= 0.3 is 51.4 Å². The summed E-state index contributed by atoms with van der Waals surface area (Å²) in [5.74, 6) is -0.937. The van der Waals surface area contributed by atoms with Crippen LogP contribution in [-0.4, -0.2) is 17.2 Å². The topological polar surface area (TPSA) is 60.4 Å². The molecule has 0 aliphatic rings. The predicted octanol–water partition coefficient (Wildman–Crippen LogP) is 0.525. The smallest absolute Gasteiger partial charge is 0.550 e. The van der Waals surface area contributed by atoms with Gasteiger partial charge in [0.1, 0.15) is 0 Å². The van der Waals surface area contributed by atoms with Gasteiger partial charge in [0.25, 0.3) is 0 Å². The Labute approximate surface area is 178 Å². The molecule has 0 amide bonds. The quantitative estimate of drug-likeness (QED) is 0.286. The molecule has 1 atom stereocenters. The van der Waals surface area contributed by atoms with Crippen molar-refractivity contribution in [2.24, 2.45) is 0 Å². The van der Waals surface area contributed by atoms with Gasteiger partial charge in [-0.1, -0.05) is 56.9 Å². The van der Waals surface area contributed by atoms with Crippen molar-refractivity contribution in [2.75, 3.05) is 0 Å². The molecule has 1 N–H and O–H groups in total. The normalized spacial score (nSPS) is 12.6. The Hall–Kier alpha value is 0.546. The molecule has 0 radical (unpaired) electrons. The van der Waals surface area contributed by atoms with Crippen molar-refractivity contribution in [3.05, 3.63) is 24.3 Å². The molecule has 0 fully saturated rings. The number of allylic oxidation sites excluding steroid dienone is 3. The van der Waals surface area contributed by atoms with Crippen LogP contribution >= 0.6 is 0 Å². The monoisotopic (exact) mass is 334 g/mol. The van der Waals surface area contributed by atoms with Gasteiger partial charge in [0.05, 0.1) is 6.10 Å². The zero-order chi connectivity index (χ0) is 15.8. The fourth-order valence-electron chi connectivity index (χ4n) is 2.16. The molecule has 0 aliphatic carbocycles. The van der Waals surface area contributed by atoms with Gasteiger partial charge in [0.15, 0.2) is 0 Å². The molecule has 0 aliphatic heterocycles. The maximum Gasteiger partial charge on any atom is 1.00 e. The summed E-state index contributed by atoms with van der Waals surface area (Å²) in [6.45, 7) is 2.08. The van der Waals surface area contributed by atoms with Crippen LogP contribution in [0.4, 0.5) is 0 Å². The van der Waals surface area contributed by atoms with Crippen LogP contribution in [0.15, 0.2) is 24.3 Å². The van der Waals surface area contributed by atoms with Crippen LogP contribution in [-0.2, 0) is 4.79 Å². The molecular weight excluding hydrogens is 303 g/mol. The largest absolute Gasteiger partial charge is 1.00 e. The average Bonchev–Trinajstić information content (AvgIpc) is 2.44. The second-order valence-corrected chi connectivity index (χ2v) is 5.54. The number of rotatable bonds is 14. The number of hydrogen-bond acceptors (Lipinski definition) is 3. The summed E-state index contributed by atoms with van der Waals surface area (Å²) < 4.78 is 0. The van der Waals surface area contributed by atoms with Crippen LogP contribution in [0, 0.1) is 0 Å². The van der Waals surface area contributed by atoms with E-state index in [0.29, 0.717) is 0 Å². The van der Waals surface area contributed by atoms with E-state index in [4.69, 9.17) is 0 Å². The summed E-state index contributed by atoms with van der Waals surface area (Å²) >= 11 is 0. The molecule has 22 heavy (non-hydrogen) atoms. The predicted molar refractivity (Wildman–Crippen MR) is 85.8 cm³/mol. The minimum absolute atomic E-state index is 0. The van der Waals surface area contributed by atoms with Gasteiger partial charge in [-0.15, -0.1) is 0 Å². The van der Waals surface area contributed by atoms with Crippen LogP contribution in [0.5, 0.6) is 0 Å². The van der Waals surface area contributed by atoms with Gasteiger partial charge in [0, 0.05) is 5.97 Å². The molecule has 3 nitrogen and oxygen atoms in total. The Balaban J connectivity index is 0. The summed E-state index contributed by atoms with van der Waals surface area (Å²) in [4.78, 5) is 10.2. The molecule has 0 rings (SSSR count). The number of carboxylic acids is 1. The Morgan fingerprint density at radius 2 is 1.68 bits per heavy atom. The third-order valence-electron chi connectivity index (χ3n) is 3.39. The van der Waals surface area contributed by atoms with Gasteiger partial charge < -0.3 is 15.0 Å². The SMILES string of the molecule is CCCC(O)C/C=C\C/C=C\CCCCCCCC(=O)[O-].[K+]. The maximum atomic E-state index is 10.2. The van der Waals surface area contributed by atoms with Gasteiger partial charge in [-0.3, -0.25) is 0 Å². The summed E-state index contributed by atoms with van der Waals surface area (Å²) in [6.07, 6.45) is 18.4. The first-order valence-electron chi connectivity index (χ1n) is 8.34. The number of aliphatic carboxylic acids is 1. The zero-order valence-electron chi connectivity index (χ0n) is 14.4. The summed E-state index contributed by atoms with van der Waals surface area (Å²) in [5.41, 5.74) is 0. The van der Waals surface area contributed by atoms with Crippen molar-refractivity contribution in [1.29, 1.82) is 0 Å². The van der Waals surface area contributed by atoms with E-state index in [2.05, 4.69) is 31.2 Å². The van der Waals surface area contributed by atoms with Crippen LogP contribution < -0.4 is 56.5 Å². The summed E-state index contributed by atoms with van der Waals surface area (Å²) in [5, 5.41) is 19.7. The molecular formula is C18H31KO3. The van der Waals surface area contributed by atoms with E-state index in [9.17, 15) is 15.0 Å². The second kappa shape index (κ2) is 19.6. The summed E-state index contributed by atoms with van der Waals surface area (Å²) in [7, 11) is 0. The van der Waals surface area contributed by atoms with Crippen LogP contribution in [0.2, 0.25) is 0 Å². The minimum atomic E-state index is -0.937. The summed E-state index contributed by atoms with van der Waals surface area (Å²) in [6, 6.07) is 0. The third-order valence-corrected chi connectivity index (χ3v) is 3.39. The Kier molecular flexibility index (Phi) is 22.1. The molecule has 0 aromatic rings. The molecule has 4 heteroatoms. The number of carbonyl (C=O) groups is 1. The number of carboxylic acid groups (broad SMARTS) is 1. The molecule has 0 bridgehead atoms. The number of unbranched alkanes of at least 4 members (excludes halogenated alkanes) is 5. The number of carbonyl (C=O) groups excluding carboxylic acids is 1. The van der Waals surface area contributed by atoms with Gasteiger partial charge in [-0.05, 0) is 44.9 Å². The molecule has 0 spiro atoms. The third kappa shape index (κ3) is 20.5. The van der Waals surface area contributed by atoms with Crippen molar-refractivity contribution in [2.45, 2.75) is 83.7 Å². The van der Waals surface area contributed by atoms with Crippen molar-refractivity contribution < 1.29 is 66.4 Å².